The van der Waals surface area contributed by atoms with Crippen LogP contribution in [0.5, 0.6) is 5.75 Å². The maximum absolute atomic E-state index is 12.8. The Morgan fingerprint density at radius 2 is 1.70 bits per heavy atom. The van der Waals surface area contributed by atoms with Gasteiger partial charge in [-0.2, -0.15) is 0 Å². The molecule has 0 aliphatic carbocycles. The molecule has 37 heavy (non-hydrogen) atoms. The zero-order valence-electron chi connectivity index (χ0n) is 21.0. The molecule has 0 spiro atoms. The average molecular weight is 521 g/mol. The van der Waals surface area contributed by atoms with Gasteiger partial charge in [0.15, 0.2) is 12.4 Å². The van der Waals surface area contributed by atoms with E-state index in [0.717, 1.165) is 16.9 Å². The number of carbonyl (C=O) groups is 2. The van der Waals surface area contributed by atoms with Crippen molar-refractivity contribution in [2.45, 2.75) is 24.2 Å². The number of sulfonamides is 1. The van der Waals surface area contributed by atoms with Crippen molar-refractivity contribution >= 4 is 33.2 Å². The summed E-state index contributed by atoms with van der Waals surface area (Å²) in [7, 11) is -0.553. The second-order valence-electron chi connectivity index (χ2n) is 9.14. The van der Waals surface area contributed by atoms with E-state index in [0.29, 0.717) is 11.4 Å². The van der Waals surface area contributed by atoms with Gasteiger partial charge in [0.2, 0.25) is 0 Å². The molecule has 3 aromatic rings. The number of rotatable bonds is 8. The Bertz CT molecular complexity index is 1480. The van der Waals surface area contributed by atoms with Gasteiger partial charge in [-0.05, 0) is 54.1 Å². The molecule has 0 saturated heterocycles. The number of anilines is 2. The lowest BCUT2D eigenvalue weighted by Crippen LogP contribution is -2.25. The lowest BCUT2D eigenvalue weighted by Gasteiger charge is -2.23. The Morgan fingerprint density at radius 1 is 1.00 bits per heavy atom. The molecule has 0 radical (unpaired) electrons. The van der Waals surface area contributed by atoms with Crippen molar-refractivity contribution in [3.8, 4) is 5.75 Å². The van der Waals surface area contributed by atoms with E-state index in [2.05, 4.69) is 4.72 Å². The zero-order chi connectivity index (χ0) is 26.8. The van der Waals surface area contributed by atoms with E-state index in [1.165, 1.54) is 37.5 Å². The molecule has 0 aromatic heterocycles. The average Bonchev–Trinajstić information content (AvgIpc) is 3.08. The highest BCUT2D eigenvalue weighted by Crippen LogP contribution is 2.46. The molecule has 4 rings (SSSR count). The summed E-state index contributed by atoms with van der Waals surface area (Å²) in [5.41, 5.74) is 2.90. The van der Waals surface area contributed by atoms with Crippen LogP contribution in [0.4, 0.5) is 11.4 Å². The van der Waals surface area contributed by atoms with Gasteiger partial charge in [0.1, 0.15) is 5.75 Å². The Hall–Kier alpha value is -4.11. The predicted molar refractivity (Wildman–Crippen MR) is 141 cm³/mol. The topological polar surface area (TPSA) is 102 Å². The number of nitrogens with one attached hydrogen (secondary N) is 1. The number of likely N-dealkylation sites (N-methyl/N-ethyl adjacent to an activating group) is 1. The Morgan fingerprint density at radius 3 is 2.38 bits per heavy atom. The first kappa shape index (κ1) is 26.0. The maximum Gasteiger partial charge on any atom is 0.338 e. The van der Waals surface area contributed by atoms with E-state index in [-0.39, 0.29) is 21.7 Å². The minimum absolute atomic E-state index is 0.0174. The Balaban J connectivity index is 1.43. The van der Waals surface area contributed by atoms with Crippen LogP contribution in [0, 0.1) is 0 Å². The summed E-state index contributed by atoms with van der Waals surface area (Å²) in [5.74, 6) is -0.581. The summed E-state index contributed by atoms with van der Waals surface area (Å²) in [4.78, 5) is 27.2. The molecule has 9 heteroatoms. The molecular formula is C28H28N2O6S. The second kappa shape index (κ2) is 10.1. The van der Waals surface area contributed by atoms with E-state index in [1.54, 1.807) is 24.3 Å². The Labute approximate surface area is 216 Å². The van der Waals surface area contributed by atoms with Crippen LogP contribution in [-0.2, 0) is 25.0 Å². The van der Waals surface area contributed by atoms with Crippen molar-refractivity contribution in [2.75, 3.05) is 30.4 Å². The van der Waals surface area contributed by atoms with Crippen molar-refractivity contribution in [3.63, 3.8) is 0 Å². The smallest absolute Gasteiger partial charge is 0.338 e. The first-order valence-electron chi connectivity index (χ1n) is 11.6. The fourth-order valence-corrected chi connectivity index (χ4v) is 5.44. The van der Waals surface area contributed by atoms with E-state index in [4.69, 9.17) is 9.47 Å². The molecule has 0 atom stereocenters. The number of nitrogens with zero attached hydrogens (tertiary/aromatic N) is 1. The number of hydrogen-bond acceptors (Lipinski definition) is 7. The van der Waals surface area contributed by atoms with Gasteiger partial charge in [-0.25, -0.2) is 13.2 Å². The van der Waals surface area contributed by atoms with Crippen LogP contribution in [0.15, 0.2) is 89.5 Å². The van der Waals surface area contributed by atoms with Gasteiger partial charge in [-0.1, -0.05) is 38.1 Å². The summed E-state index contributed by atoms with van der Waals surface area (Å²) < 4.78 is 38.4. The molecule has 0 bridgehead atoms. The number of fused-ring (bicyclic) bond motifs is 1. The number of para-hydroxylation sites is 1. The SMILES string of the molecule is COc1ccc(NS(=O)(=O)c2cccc(C(=O)OCC(=O)C=C3N(C)c4ccccc4C3(C)C)c2)cc1. The number of ether oxygens (including phenoxy) is 2. The molecule has 1 aliphatic rings. The van der Waals surface area contributed by atoms with Crippen LogP contribution in [0.3, 0.4) is 0 Å². The summed E-state index contributed by atoms with van der Waals surface area (Å²) >= 11 is 0. The van der Waals surface area contributed by atoms with E-state index < -0.39 is 22.6 Å². The number of methoxy groups -OCH3 is 1. The molecule has 0 unspecified atom stereocenters. The highest BCUT2D eigenvalue weighted by molar-refractivity contribution is 7.92. The third kappa shape index (κ3) is 5.36. The number of benzene rings is 3. The van der Waals surface area contributed by atoms with Gasteiger partial charge >= 0.3 is 5.97 Å². The maximum atomic E-state index is 12.8. The van der Waals surface area contributed by atoms with Crippen LogP contribution in [0.1, 0.15) is 29.8 Å². The van der Waals surface area contributed by atoms with Gasteiger partial charge in [0.25, 0.3) is 10.0 Å². The van der Waals surface area contributed by atoms with Crippen LogP contribution >= 0.6 is 0 Å². The standard InChI is InChI=1S/C28H28N2O6S/c1-28(2)24-10-5-6-11-25(24)30(3)26(28)17-21(31)18-36-27(32)19-8-7-9-23(16-19)37(33,34)29-20-12-14-22(35-4)15-13-20/h5-17,29H,18H2,1-4H3. The molecular weight excluding hydrogens is 492 g/mol. The normalized spacial score (nSPS) is 15.2. The molecule has 1 N–H and O–H groups in total. The zero-order valence-corrected chi connectivity index (χ0v) is 21.8. The summed E-state index contributed by atoms with van der Waals surface area (Å²) in [6.45, 7) is 3.60. The highest BCUT2D eigenvalue weighted by Gasteiger charge is 2.38. The number of hydrogen-bond donors (Lipinski definition) is 1. The quantitative estimate of drug-likeness (QED) is 0.344. The van der Waals surface area contributed by atoms with Gasteiger partial charge in [-0.15, -0.1) is 0 Å². The fraction of sp³-hybridized carbons (Fsp3) is 0.214. The second-order valence-corrected chi connectivity index (χ2v) is 10.8. The Kier molecular flexibility index (Phi) is 7.09. The van der Waals surface area contributed by atoms with Gasteiger partial charge in [-0.3, -0.25) is 9.52 Å². The minimum atomic E-state index is -3.96. The first-order chi connectivity index (χ1) is 17.5. The van der Waals surface area contributed by atoms with Gasteiger partial charge in [0.05, 0.1) is 17.6 Å². The van der Waals surface area contributed by atoms with E-state index >= 15 is 0 Å². The summed E-state index contributed by atoms with van der Waals surface area (Å²) in [5, 5.41) is 0. The van der Waals surface area contributed by atoms with Crippen molar-refractivity contribution in [1.82, 2.24) is 0 Å². The fourth-order valence-electron chi connectivity index (χ4n) is 4.34. The highest BCUT2D eigenvalue weighted by atomic mass is 32.2. The van der Waals surface area contributed by atoms with E-state index in [1.807, 2.05) is 50.1 Å². The number of esters is 1. The molecule has 0 fully saturated rings. The van der Waals surface area contributed by atoms with Crippen molar-refractivity contribution in [1.29, 1.82) is 0 Å². The third-order valence-corrected chi connectivity index (χ3v) is 7.68. The lowest BCUT2D eigenvalue weighted by atomic mass is 9.83. The van der Waals surface area contributed by atoms with Crippen molar-refractivity contribution in [2.24, 2.45) is 0 Å². The number of allylic oxidation sites excluding steroid dienone is 1. The molecule has 0 saturated carbocycles. The van der Waals surface area contributed by atoms with E-state index in [9.17, 15) is 18.0 Å². The van der Waals surface area contributed by atoms with Crippen LogP contribution in [0.2, 0.25) is 0 Å². The van der Waals surface area contributed by atoms with Crippen LogP contribution in [0.25, 0.3) is 0 Å². The minimum Gasteiger partial charge on any atom is -0.497 e. The molecule has 1 aliphatic heterocycles. The molecule has 1 heterocycles. The third-order valence-electron chi connectivity index (χ3n) is 6.31. The number of ketones is 1. The van der Waals surface area contributed by atoms with Crippen molar-refractivity contribution in [3.05, 3.63) is 95.7 Å². The summed E-state index contributed by atoms with van der Waals surface area (Å²) in [6, 6.07) is 19.8. The van der Waals surface area contributed by atoms with Gasteiger partial charge < -0.3 is 14.4 Å². The van der Waals surface area contributed by atoms with Crippen LogP contribution < -0.4 is 14.4 Å². The van der Waals surface area contributed by atoms with Crippen LogP contribution in [-0.4, -0.2) is 40.9 Å². The molecule has 3 aromatic carbocycles. The summed E-state index contributed by atoms with van der Waals surface area (Å²) in [6.07, 6.45) is 1.49. The monoisotopic (exact) mass is 520 g/mol. The van der Waals surface area contributed by atoms with Crippen molar-refractivity contribution < 1.29 is 27.5 Å². The molecule has 8 nitrogen and oxygen atoms in total. The lowest BCUT2D eigenvalue weighted by molar-refractivity contribution is -0.117. The molecule has 0 amide bonds. The molecule has 192 valence electrons. The largest absolute Gasteiger partial charge is 0.497 e. The van der Waals surface area contributed by atoms with Gasteiger partial charge in [0, 0.05) is 35.6 Å². The number of carbonyl (C=O) groups excluding carboxylic acids is 2. The predicted octanol–water partition coefficient (Wildman–Crippen LogP) is 4.53. The first-order valence-corrected chi connectivity index (χ1v) is 13.0.